The van der Waals surface area contributed by atoms with Crippen molar-refractivity contribution < 1.29 is 19.1 Å². The first-order valence-electron chi connectivity index (χ1n) is 11.7. The number of nitrogens with zero attached hydrogens (tertiary/aromatic N) is 5. The second kappa shape index (κ2) is 10.6. The number of ether oxygens (including phenoxy) is 2. The molecular weight excluding hydrogens is 494 g/mol. The lowest BCUT2D eigenvalue weighted by Crippen LogP contribution is -2.42. The minimum absolute atomic E-state index is 0.175. The lowest BCUT2D eigenvalue weighted by Gasteiger charge is -2.32. The standard InChI is InChI=1S/C25H31N7O4S/c1-25(2,3)31(4)21(33)15-9-7-8-10-16(15)26-22(34)30-24-27-17-11-12-32(14-18(17)37-24)19-13-20(35-5)29-23(28-19)36-6/h7-10,13H,11-12,14H2,1-6H3,(H2,26,27,30,34). The Morgan fingerprint density at radius 1 is 1.08 bits per heavy atom. The van der Waals surface area contributed by atoms with Gasteiger partial charge < -0.3 is 24.6 Å². The number of fused-ring (bicyclic) bond motifs is 1. The Morgan fingerprint density at radius 2 is 1.84 bits per heavy atom. The Morgan fingerprint density at radius 3 is 2.54 bits per heavy atom. The van der Waals surface area contributed by atoms with Gasteiger partial charge in [0, 0.05) is 36.5 Å². The highest BCUT2D eigenvalue weighted by molar-refractivity contribution is 7.15. The molecule has 3 heterocycles. The van der Waals surface area contributed by atoms with Gasteiger partial charge in [0.15, 0.2) is 5.13 Å². The molecule has 3 amide bonds. The summed E-state index contributed by atoms with van der Waals surface area (Å²) in [5.41, 5.74) is 1.43. The summed E-state index contributed by atoms with van der Waals surface area (Å²) in [5, 5.41) is 6.10. The smallest absolute Gasteiger partial charge is 0.325 e. The lowest BCUT2D eigenvalue weighted by molar-refractivity contribution is 0.0657. The number of thiazole rings is 1. The van der Waals surface area contributed by atoms with Crippen LogP contribution in [0, 0.1) is 0 Å². The first-order chi connectivity index (χ1) is 17.6. The SMILES string of the molecule is COc1cc(N2CCc3nc(NC(=O)Nc4ccccc4C(=O)N(C)C(C)(C)C)sc3C2)nc(OC)n1. The van der Waals surface area contributed by atoms with E-state index in [1.807, 2.05) is 20.8 Å². The number of carbonyl (C=O) groups excluding carboxylic acids is 2. The highest BCUT2D eigenvalue weighted by Crippen LogP contribution is 2.32. The molecular formula is C25H31N7O4S. The molecule has 0 bridgehead atoms. The van der Waals surface area contributed by atoms with E-state index in [2.05, 4.69) is 30.5 Å². The maximum absolute atomic E-state index is 13.0. The Bertz CT molecular complexity index is 1280. The minimum atomic E-state index is -0.466. The van der Waals surface area contributed by atoms with Gasteiger partial charge in [0.1, 0.15) is 5.82 Å². The number of rotatable bonds is 6. The van der Waals surface area contributed by atoms with E-state index in [0.29, 0.717) is 47.6 Å². The summed E-state index contributed by atoms with van der Waals surface area (Å²) in [7, 11) is 4.80. The molecule has 0 unspecified atom stereocenters. The van der Waals surface area contributed by atoms with Crippen LogP contribution < -0.4 is 25.0 Å². The van der Waals surface area contributed by atoms with Gasteiger partial charge in [-0.2, -0.15) is 9.97 Å². The number of anilines is 3. The van der Waals surface area contributed by atoms with Crippen molar-refractivity contribution in [1.82, 2.24) is 19.9 Å². The topological polar surface area (TPSA) is 122 Å². The third-order valence-electron chi connectivity index (χ3n) is 6.05. The number of nitrogens with one attached hydrogen (secondary N) is 2. The summed E-state index contributed by atoms with van der Waals surface area (Å²) < 4.78 is 10.5. The van der Waals surface area contributed by atoms with E-state index in [1.54, 1.807) is 49.4 Å². The fourth-order valence-electron chi connectivity index (χ4n) is 3.71. The highest BCUT2D eigenvalue weighted by Gasteiger charge is 2.26. The van der Waals surface area contributed by atoms with Crippen molar-refractivity contribution in [3.63, 3.8) is 0 Å². The average Bonchev–Trinajstić information content (AvgIpc) is 3.28. The Balaban J connectivity index is 1.45. The van der Waals surface area contributed by atoms with E-state index in [9.17, 15) is 9.59 Å². The Hall–Kier alpha value is -3.93. The molecule has 1 aliphatic heterocycles. The predicted molar refractivity (Wildman–Crippen MR) is 143 cm³/mol. The summed E-state index contributed by atoms with van der Waals surface area (Å²) in [6.07, 6.45) is 0.695. The first kappa shape index (κ1) is 26.1. The van der Waals surface area contributed by atoms with Crippen LogP contribution in [0.3, 0.4) is 0 Å². The molecule has 0 saturated carbocycles. The molecule has 2 aromatic heterocycles. The maximum atomic E-state index is 13.0. The van der Waals surface area contributed by atoms with Crippen LogP contribution in [-0.4, -0.2) is 65.1 Å². The molecule has 0 saturated heterocycles. The number of carbonyl (C=O) groups is 2. The quantitative estimate of drug-likeness (QED) is 0.495. The number of hydrogen-bond acceptors (Lipinski definition) is 9. The van der Waals surface area contributed by atoms with Crippen LogP contribution in [0.5, 0.6) is 11.9 Å². The van der Waals surface area contributed by atoms with E-state index in [4.69, 9.17) is 9.47 Å². The van der Waals surface area contributed by atoms with E-state index >= 15 is 0 Å². The van der Waals surface area contributed by atoms with E-state index < -0.39 is 6.03 Å². The Kier molecular flexibility index (Phi) is 7.48. The zero-order chi connectivity index (χ0) is 26.7. The summed E-state index contributed by atoms with van der Waals surface area (Å²) in [5.74, 6) is 0.936. The third kappa shape index (κ3) is 5.91. The average molecular weight is 526 g/mol. The number of para-hydroxylation sites is 1. The molecule has 196 valence electrons. The third-order valence-corrected chi connectivity index (χ3v) is 7.05. The fraction of sp³-hybridized carbons (Fsp3) is 0.400. The highest BCUT2D eigenvalue weighted by atomic mass is 32.1. The summed E-state index contributed by atoms with van der Waals surface area (Å²) in [6, 6.07) is 8.49. The van der Waals surface area contributed by atoms with Crippen molar-refractivity contribution in [2.24, 2.45) is 0 Å². The number of amides is 3. The first-order valence-corrected chi connectivity index (χ1v) is 12.6. The van der Waals surface area contributed by atoms with E-state index in [-0.39, 0.29) is 17.5 Å². The van der Waals surface area contributed by atoms with Crippen LogP contribution in [0.15, 0.2) is 30.3 Å². The lowest BCUT2D eigenvalue weighted by atomic mass is 10.0. The zero-order valence-electron chi connectivity index (χ0n) is 21.8. The normalized spacial score (nSPS) is 13.0. The Labute approximate surface area is 219 Å². The van der Waals surface area contributed by atoms with E-state index in [0.717, 1.165) is 10.6 Å². The molecule has 0 radical (unpaired) electrons. The molecule has 1 aliphatic rings. The van der Waals surface area contributed by atoms with Crippen molar-refractivity contribution in [2.75, 3.05) is 43.3 Å². The number of urea groups is 1. The number of aromatic nitrogens is 3. The monoisotopic (exact) mass is 525 g/mol. The molecule has 12 heteroatoms. The second-order valence-corrected chi connectivity index (χ2v) is 10.6. The number of hydrogen-bond donors (Lipinski definition) is 2. The molecule has 0 atom stereocenters. The van der Waals surface area contributed by atoms with Gasteiger partial charge in [0.05, 0.1) is 37.7 Å². The van der Waals surface area contributed by atoms with Gasteiger partial charge in [-0.05, 0) is 32.9 Å². The molecule has 3 aromatic rings. The summed E-state index contributed by atoms with van der Waals surface area (Å²) >= 11 is 1.41. The van der Waals surface area contributed by atoms with Crippen LogP contribution in [-0.2, 0) is 13.0 Å². The molecule has 0 spiro atoms. The van der Waals surface area contributed by atoms with Crippen LogP contribution in [0.4, 0.5) is 21.4 Å². The van der Waals surface area contributed by atoms with Crippen LogP contribution >= 0.6 is 11.3 Å². The maximum Gasteiger partial charge on any atom is 0.325 e. The molecule has 4 rings (SSSR count). The van der Waals surface area contributed by atoms with Gasteiger partial charge in [-0.3, -0.25) is 10.1 Å². The van der Waals surface area contributed by atoms with Gasteiger partial charge >= 0.3 is 12.0 Å². The molecule has 0 aliphatic carbocycles. The van der Waals surface area contributed by atoms with Gasteiger partial charge in [0.2, 0.25) is 5.88 Å². The molecule has 37 heavy (non-hydrogen) atoms. The summed E-state index contributed by atoms with van der Waals surface area (Å²) in [4.78, 5) is 43.8. The van der Waals surface area contributed by atoms with Crippen molar-refractivity contribution in [3.05, 3.63) is 46.5 Å². The molecule has 11 nitrogen and oxygen atoms in total. The van der Waals surface area contributed by atoms with Gasteiger partial charge in [-0.15, -0.1) is 0 Å². The molecule has 2 N–H and O–H groups in total. The number of methoxy groups -OCH3 is 2. The number of benzene rings is 1. The van der Waals surface area contributed by atoms with Crippen molar-refractivity contribution >= 4 is 39.9 Å². The molecule has 0 fully saturated rings. The largest absolute Gasteiger partial charge is 0.481 e. The van der Waals surface area contributed by atoms with Crippen molar-refractivity contribution in [2.45, 2.75) is 39.3 Å². The van der Waals surface area contributed by atoms with Gasteiger partial charge in [0.25, 0.3) is 5.91 Å². The summed E-state index contributed by atoms with van der Waals surface area (Å²) in [6.45, 7) is 7.14. The fourth-order valence-corrected chi connectivity index (χ4v) is 4.73. The minimum Gasteiger partial charge on any atom is -0.481 e. The predicted octanol–water partition coefficient (Wildman–Crippen LogP) is 4.03. The molecule has 1 aromatic carbocycles. The van der Waals surface area contributed by atoms with Crippen LogP contribution in [0.25, 0.3) is 0 Å². The zero-order valence-corrected chi connectivity index (χ0v) is 22.6. The van der Waals surface area contributed by atoms with E-state index in [1.165, 1.54) is 18.4 Å². The van der Waals surface area contributed by atoms with Crippen LogP contribution in [0.1, 0.15) is 41.7 Å². The van der Waals surface area contributed by atoms with Crippen molar-refractivity contribution in [1.29, 1.82) is 0 Å². The van der Waals surface area contributed by atoms with Crippen molar-refractivity contribution in [3.8, 4) is 11.9 Å². The van der Waals surface area contributed by atoms with Gasteiger partial charge in [-0.25, -0.2) is 9.78 Å². The van der Waals surface area contributed by atoms with Crippen LogP contribution in [0.2, 0.25) is 0 Å². The van der Waals surface area contributed by atoms with Gasteiger partial charge in [-0.1, -0.05) is 23.5 Å². The second-order valence-electron chi connectivity index (χ2n) is 9.48.